The van der Waals surface area contributed by atoms with Crippen LogP contribution in [0.4, 0.5) is 0 Å². The SMILES string of the molecule is CC1(C)CN(C(=O)C2(C)CCNC2)CCS1.Cl. The molecule has 0 aliphatic carbocycles. The monoisotopic (exact) mass is 278 g/mol. The minimum atomic E-state index is -0.155. The van der Waals surface area contributed by atoms with E-state index in [0.29, 0.717) is 5.91 Å². The number of hydrogen-bond donors (Lipinski definition) is 1. The number of rotatable bonds is 1. The van der Waals surface area contributed by atoms with E-state index in [1.807, 2.05) is 11.8 Å². The molecular formula is C12H23ClN2OS. The Balaban J connectivity index is 0.00000144. The molecule has 5 heteroatoms. The summed E-state index contributed by atoms with van der Waals surface area (Å²) in [5, 5.41) is 3.30. The Hall–Kier alpha value is 0.0700. The highest BCUT2D eigenvalue weighted by Gasteiger charge is 2.41. The van der Waals surface area contributed by atoms with Crippen molar-refractivity contribution in [2.45, 2.75) is 31.9 Å². The van der Waals surface area contributed by atoms with Gasteiger partial charge in [-0.05, 0) is 33.7 Å². The molecule has 1 amide bonds. The summed E-state index contributed by atoms with van der Waals surface area (Å²) in [6, 6.07) is 0. The van der Waals surface area contributed by atoms with Gasteiger partial charge in [0, 0.05) is 30.1 Å². The van der Waals surface area contributed by atoms with Crippen LogP contribution in [0, 0.1) is 5.41 Å². The van der Waals surface area contributed by atoms with Crippen LogP contribution in [0.5, 0.6) is 0 Å². The normalized spacial score (nSPS) is 32.1. The molecule has 100 valence electrons. The van der Waals surface area contributed by atoms with Crippen LogP contribution in [0.2, 0.25) is 0 Å². The highest BCUT2D eigenvalue weighted by molar-refractivity contribution is 8.00. The first kappa shape index (κ1) is 15.1. The zero-order valence-electron chi connectivity index (χ0n) is 10.9. The second-order valence-corrected chi connectivity index (χ2v) is 7.62. The third-order valence-corrected chi connectivity index (χ3v) is 4.90. The fourth-order valence-electron chi connectivity index (χ4n) is 2.57. The number of nitrogens with one attached hydrogen (secondary N) is 1. The van der Waals surface area contributed by atoms with Gasteiger partial charge < -0.3 is 10.2 Å². The van der Waals surface area contributed by atoms with Gasteiger partial charge in [0.05, 0.1) is 5.41 Å². The first-order valence-electron chi connectivity index (χ1n) is 6.07. The maximum absolute atomic E-state index is 12.5. The Morgan fingerprint density at radius 1 is 1.35 bits per heavy atom. The lowest BCUT2D eigenvalue weighted by Crippen LogP contribution is -2.51. The zero-order chi connectivity index (χ0) is 11.8. The van der Waals surface area contributed by atoms with Crippen molar-refractivity contribution >= 4 is 30.1 Å². The average molecular weight is 279 g/mol. The largest absolute Gasteiger partial charge is 0.340 e. The van der Waals surface area contributed by atoms with E-state index in [1.165, 1.54) is 0 Å². The molecule has 2 fully saturated rings. The molecule has 1 N–H and O–H groups in total. The number of thioether (sulfide) groups is 1. The van der Waals surface area contributed by atoms with Gasteiger partial charge in [-0.1, -0.05) is 0 Å². The average Bonchev–Trinajstić information content (AvgIpc) is 2.64. The minimum Gasteiger partial charge on any atom is -0.340 e. The van der Waals surface area contributed by atoms with Gasteiger partial charge in [-0.15, -0.1) is 12.4 Å². The van der Waals surface area contributed by atoms with E-state index in [9.17, 15) is 4.79 Å². The summed E-state index contributed by atoms with van der Waals surface area (Å²) < 4.78 is 0.219. The van der Waals surface area contributed by atoms with Gasteiger partial charge in [-0.3, -0.25) is 4.79 Å². The summed E-state index contributed by atoms with van der Waals surface area (Å²) in [6.45, 7) is 10.2. The van der Waals surface area contributed by atoms with Gasteiger partial charge in [0.1, 0.15) is 0 Å². The van der Waals surface area contributed by atoms with Crippen molar-refractivity contribution in [3.8, 4) is 0 Å². The van der Waals surface area contributed by atoms with E-state index < -0.39 is 0 Å². The number of nitrogens with zero attached hydrogens (tertiary/aromatic N) is 1. The van der Waals surface area contributed by atoms with Crippen LogP contribution in [0.25, 0.3) is 0 Å². The van der Waals surface area contributed by atoms with Gasteiger partial charge >= 0.3 is 0 Å². The van der Waals surface area contributed by atoms with Crippen LogP contribution in [0.3, 0.4) is 0 Å². The molecule has 1 unspecified atom stereocenters. The Kier molecular flexibility index (Phi) is 4.78. The van der Waals surface area contributed by atoms with Gasteiger partial charge in [-0.25, -0.2) is 0 Å². The minimum absolute atomic E-state index is 0. The molecule has 1 atom stereocenters. The summed E-state index contributed by atoms with van der Waals surface area (Å²) in [6.07, 6.45) is 0.982. The van der Waals surface area contributed by atoms with Crippen molar-refractivity contribution in [3.05, 3.63) is 0 Å². The molecule has 0 bridgehead atoms. The van der Waals surface area contributed by atoms with E-state index in [1.54, 1.807) is 0 Å². The van der Waals surface area contributed by atoms with Crippen LogP contribution >= 0.6 is 24.2 Å². The molecule has 0 spiro atoms. The molecule has 2 rings (SSSR count). The third-order valence-electron chi connectivity index (χ3n) is 3.60. The van der Waals surface area contributed by atoms with E-state index >= 15 is 0 Å². The second kappa shape index (κ2) is 5.37. The van der Waals surface area contributed by atoms with Crippen LogP contribution in [0.15, 0.2) is 0 Å². The van der Waals surface area contributed by atoms with E-state index in [0.717, 1.165) is 38.4 Å². The second-order valence-electron chi connectivity index (χ2n) is 5.82. The molecule has 0 radical (unpaired) electrons. The van der Waals surface area contributed by atoms with E-state index in [-0.39, 0.29) is 22.6 Å². The van der Waals surface area contributed by atoms with Gasteiger partial charge in [0.15, 0.2) is 0 Å². The van der Waals surface area contributed by atoms with Crippen molar-refractivity contribution in [2.75, 3.05) is 31.9 Å². The van der Waals surface area contributed by atoms with Crippen molar-refractivity contribution < 1.29 is 4.79 Å². The van der Waals surface area contributed by atoms with Crippen molar-refractivity contribution in [1.29, 1.82) is 0 Å². The van der Waals surface area contributed by atoms with Crippen molar-refractivity contribution in [1.82, 2.24) is 10.2 Å². The Morgan fingerprint density at radius 2 is 2.06 bits per heavy atom. The molecule has 0 aromatic rings. The molecule has 17 heavy (non-hydrogen) atoms. The lowest BCUT2D eigenvalue weighted by atomic mass is 9.87. The predicted molar refractivity (Wildman–Crippen MR) is 76.0 cm³/mol. The fraction of sp³-hybridized carbons (Fsp3) is 0.917. The van der Waals surface area contributed by atoms with Gasteiger partial charge in [-0.2, -0.15) is 11.8 Å². The van der Waals surface area contributed by atoms with Gasteiger partial charge in [0.25, 0.3) is 0 Å². The Labute approximate surface area is 114 Å². The molecule has 0 aromatic heterocycles. The van der Waals surface area contributed by atoms with Crippen LogP contribution in [-0.4, -0.2) is 47.5 Å². The van der Waals surface area contributed by atoms with Crippen LogP contribution in [0.1, 0.15) is 27.2 Å². The lowest BCUT2D eigenvalue weighted by molar-refractivity contribution is -0.140. The van der Waals surface area contributed by atoms with E-state index in [4.69, 9.17) is 0 Å². The number of carbonyl (C=O) groups is 1. The quantitative estimate of drug-likeness (QED) is 0.793. The molecule has 0 aromatic carbocycles. The first-order valence-corrected chi connectivity index (χ1v) is 7.06. The number of hydrogen-bond acceptors (Lipinski definition) is 3. The zero-order valence-corrected chi connectivity index (χ0v) is 12.5. The molecular weight excluding hydrogens is 256 g/mol. The maximum atomic E-state index is 12.5. The molecule has 3 nitrogen and oxygen atoms in total. The van der Waals surface area contributed by atoms with Crippen LogP contribution < -0.4 is 5.32 Å². The molecule has 2 aliphatic rings. The summed E-state index contributed by atoms with van der Waals surface area (Å²) in [4.78, 5) is 14.6. The first-order chi connectivity index (χ1) is 7.43. The topological polar surface area (TPSA) is 32.3 Å². The summed E-state index contributed by atoms with van der Waals surface area (Å²) in [5.41, 5.74) is -0.155. The molecule has 2 heterocycles. The molecule has 2 saturated heterocycles. The smallest absolute Gasteiger partial charge is 0.229 e. The third kappa shape index (κ3) is 3.30. The predicted octanol–water partition coefficient (Wildman–Crippen LogP) is 1.76. The maximum Gasteiger partial charge on any atom is 0.229 e. The molecule has 0 saturated carbocycles. The van der Waals surface area contributed by atoms with Crippen LogP contribution in [-0.2, 0) is 4.79 Å². The summed E-state index contributed by atoms with van der Waals surface area (Å²) in [5.74, 6) is 1.42. The highest BCUT2D eigenvalue weighted by atomic mass is 35.5. The standard InChI is InChI=1S/C12H22N2OS.ClH/c1-11(2)9-14(6-7-16-11)10(15)12(3)4-5-13-8-12;/h13H,4-9H2,1-3H3;1H. The van der Waals surface area contributed by atoms with Crippen molar-refractivity contribution in [3.63, 3.8) is 0 Å². The summed E-state index contributed by atoms with van der Waals surface area (Å²) >= 11 is 1.97. The fourth-order valence-corrected chi connectivity index (χ4v) is 3.68. The lowest BCUT2D eigenvalue weighted by Gasteiger charge is -2.40. The number of carbonyl (C=O) groups excluding carboxylic acids is 1. The number of halogens is 1. The van der Waals surface area contributed by atoms with Gasteiger partial charge in [0.2, 0.25) is 5.91 Å². The highest BCUT2D eigenvalue weighted by Crippen LogP contribution is 2.33. The van der Waals surface area contributed by atoms with Crippen molar-refractivity contribution in [2.24, 2.45) is 5.41 Å². The Morgan fingerprint density at radius 3 is 2.59 bits per heavy atom. The number of amides is 1. The Bertz CT molecular complexity index is 290. The summed E-state index contributed by atoms with van der Waals surface area (Å²) in [7, 11) is 0. The molecule has 2 aliphatic heterocycles. The van der Waals surface area contributed by atoms with E-state index in [2.05, 4.69) is 31.0 Å².